The first-order valence-electron chi connectivity index (χ1n) is 2.55. The van der Waals surface area contributed by atoms with Crippen LogP contribution in [0.25, 0.3) is 0 Å². The van der Waals surface area contributed by atoms with Crippen LogP contribution in [-0.2, 0) is 16.5 Å². The van der Waals surface area contributed by atoms with Crippen LogP contribution in [0.15, 0.2) is 0 Å². The van der Waals surface area contributed by atoms with Gasteiger partial charge in [-0.15, -0.1) is 0 Å². The second-order valence-corrected chi connectivity index (χ2v) is 3.33. The van der Waals surface area contributed by atoms with Crippen molar-refractivity contribution in [2.45, 2.75) is 0 Å². The van der Waals surface area contributed by atoms with E-state index >= 15 is 0 Å². The van der Waals surface area contributed by atoms with Crippen molar-refractivity contribution in [2.75, 3.05) is 28.2 Å². The predicted octanol–water partition coefficient (Wildman–Crippen LogP) is -0.324. The molecular formula is C4H20Cl2N4Pt. The van der Waals surface area contributed by atoms with Gasteiger partial charge in [-0.1, -0.05) is 0 Å². The van der Waals surface area contributed by atoms with Gasteiger partial charge >= 0.3 is 35.3 Å². The van der Waals surface area contributed by atoms with Gasteiger partial charge in [-0.2, -0.15) is 0 Å². The number of nitrogens with two attached hydrogens (primary N) is 4. The van der Waals surface area contributed by atoms with E-state index in [0.717, 1.165) is 0 Å². The van der Waals surface area contributed by atoms with Crippen LogP contribution < -0.4 is 22.9 Å². The van der Waals surface area contributed by atoms with E-state index in [-0.39, 0.29) is 0 Å². The zero-order chi connectivity index (χ0) is 10.7. The van der Waals surface area contributed by atoms with Gasteiger partial charge in [0.05, 0.1) is 0 Å². The van der Waals surface area contributed by atoms with Gasteiger partial charge in [0.2, 0.25) is 0 Å². The van der Waals surface area contributed by atoms with Crippen molar-refractivity contribution in [1.29, 1.82) is 0 Å². The fraction of sp³-hybridized carbons (Fsp3) is 1.00. The summed E-state index contributed by atoms with van der Waals surface area (Å²) in [5.41, 5.74) is 18.0. The Kier molecular flexibility index (Phi) is 686. The molecule has 0 fully saturated rings. The molecule has 8 N–H and O–H groups in total. The fourth-order valence-corrected chi connectivity index (χ4v) is 0. The Morgan fingerprint density at radius 1 is 0.636 bits per heavy atom. The molecule has 0 aromatic heterocycles. The van der Waals surface area contributed by atoms with Crippen molar-refractivity contribution in [3.05, 3.63) is 0 Å². The molecular weight excluding hydrogens is 370 g/mol. The monoisotopic (exact) mass is 389 g/mol. The molecule has 0 rings (SSSR count). The SMILES string of the molecule is CN.CN.CN.CN.[Cl][Pt][Cl]. The maximum absolute atomic E-state index is 4.88. The van der Waals surface area contributed by atoms with Crippen molar-refractivity contribution in [2.24, 2.45) is 22.9 Å². The summed E-state index contributed by atoms with van der Waals surface area (Å²) in [5.74, 6) is 0. The summed E-state index contributed by atoms with van der Waals surface area (Å²) in [4.78, 5) is 0. The van der Waals surface area contributed by atoms with E-state index in [2.05, 4.69) is 22.9 Å². The van der Waals surface area contributed by atoms with E-state index in [0.29, 0.717) is 0 Å². The van der Waals surface area contributed by atoms with E-state index in [9.17, 15) is 0 Å². The Morgan fingerprint density at radius 2 is 0.636 bits per heavy atom. The van der Waals surface area contributed by atoms with E-state index in [1.54, 1.807) is 0 Å². The average molecular weight is 390 g/mol. The third-order valence-electron chi connectivity index (χ3n) is 0. The molecule has 0 atom stereocenters. The van der Waals surface area contributed by atoms with Crippen LogP contribution in [0.4, 0.5) is 0 Å². The second kappa shape index (κ2) is 255. The van der Waals surface area contributed by atoms with E-state index in [1.807, 2.05) is 0 Å². The molecule has 0 radical (unpaired) electrons. The van der Waals surface area contributed by atoms with Crippen molar-refractivity contribution in [3.8, 4) is 0 Å². The van der Waals surface area contributed by atoms with E-state index in [4.69, 9.17) is 18.8 Å². The van der Waals surface area contributed by atoms with Crippen LogP contribution in [-0.4, -0.2) is 28.2 Å². The number of hydrogen-bond acceptors (Lipinski definition) is 4. The Bertz CT molecular complexity index is 20.1. The summed E-state index contributed by atoms with van der Waals surface area (Å²) in [6, 6.07) is 0. The van der Waals surface area contributed by atoms with Gasteiger partial charge in [0.1, 0.15) is 0 Å². The zero-order valence-electron chi connectivity index (χ0n) is 7.38. The molecule has 80 valence electrons. The van der Waals surface area contributed by atoms with E-state index < -0.39 is 16.5 Å². The Balaban J connectivity index is -0.0000000139. The van der Waals surface area contributed by atoms with Crippen molar-refractivity contribution >= 4 is 18.8 Å². The summed E-state index contributed by atoms with van der Waals surface area (Å²) in [5, 5.41) is 0. The molecule has 0 spiro atoms. The van der Waals surface area contributed by atoms with Gasteiger partial charge in [0.15, 0.2) is 0 Å². The molecule has 0 bridgehead atoms. The Morgan fingerprint density at radius 3 is 0.636 bits per heavy atom. The third kappa shape index (κ3) is 750. The van der Waals surface area contributed by atoms with Gasteiger partial charge in [0.25, 0.3) is 0 Å². The summed E-state index contributed by atoms with van der Waals surface area (Å²) in [7, 11) is 15.8. The van der Waals surface area contributed by atoms with Crippen LogP contribution in [0.1, 0.15) is 0 Å². The number of halogens is 2. The normalized spacial score (nSPS) is 4.18. The van der Waals surface area contributed by atoms with Crippen LogP contribution in [0.5, 0.6) is 0 Å². The van der Waals surface area contributed by atoms with Crippen LogP contribution >= 0.6 is 18.8 Å². The topological polar surface area (TPSA) is 104 Å². The molecule has 7 heteroatoms. The molecule has 0 heterocycles. The first-order valence-corrected chi connectivity index (χ1v) is 8.18. The average Bonchev–Trinajstić information content (AvgIpc) is 2.18. The van der Waals surface area contributed by atoms with Crippen LogP contribution in [0.2, 0.25) is 0 Å². The molecule has 0 amide bonds. The Hall–Kier alpha value is 1.11. The predicted molar refractivity (Wildman–Crippen MR) is 52.2 cm³/mol. The summed E-state index contributed by atoms with van der Waals surface area (Å²) in [6.07, 6.45) is 0. The number of rotatable bonds is 0. The van der Waals surface area contributed by atoms with Gasteiger partial charge in [-0.25, -0.2) is 0 Å². The van der Waals surface area contributed by atoms with Crippen LogP contribution in [0.3, 0.4) is 0 Å². The first kappa shape index (κ1) is 29.6. The standard InChI is InChI=1S/4CH5N.2ClH.Pt/c4*1-2;;;/h4*2H2,1H3;2*1H;/q;;;;;;+2/p-2. The van der Waals surface area contributed by atoms with Crippen molar-refractivity contribution < 1.29 is 16.5 Å². The fourth-order valence-electron chi connectivity index (χ4n) is 0. The zero-order valence-corrected chi connectivity index (χ0v) is 11.2. The summed E-state index contributed by atoms with van der Waals surface area (Å²) in [6.45, 7) is 0. The molecule has 0 aliphatic heterocycles. The molecule has 4 nitrogen and oxygen atoms in total. The van der Waals surface area contributed by atoms with Gasteiger partial charge in [-0.05, 0) is 28.2 Å². The Labute approximate surface area is 86.3 Å². The van der Waals surface area contributed by atoms with E-state index in [1.165, 1.54) is 28.2 Å². The van der Waals surface area contributed by atoms with Crippen molar-refractivity contribution in [1.82, 2.24) is 0 Å². The van der Waals surface area contributed by atoms with Crippen LogP contribution in [0, 0.1) is 0 Å². The molecule has 0 saturated heterocycles. The number of hydrogen-bond donors (Lipinski definition) is 4. The van der Waals surface area contributed by atoms with Crippen molar-refractivity contribution in [3.63, 3.8) is 0 Å². The molecule has 0 saturated carbocycles. The minimum absolute atomic E-state index is 0.472. The third-order valence-corrected chi connectivity index (χ3v) is 0. The minimum atomic E-state index is -0.472. The maximum atomic E-state index is 4.88. The molecule has 0 aromatic rings. The first-order chi connectivity index (χ1) is 5.41. The second-order valence-electron chi connectivity index (χ2n) is 0.0452. The molecule has 11 heavy (non-hydrogen) atoms. The summed E-state index contributed by atoms with van der Waals surface area (Å²) >= 11 is -0.472. The summed E-state index contributed by atoms with van der Waals surface area (Å²) < 4.78 is 0. The quantitative estimate of drug-likeness (QED) is 0.455. The molecule has 0 aliphatic carbocycles. The molecule has 0 unspecified atom stereocenters. The molecule has 0 aromatic carbocycles. The molecule has 0 aliphatic rings. The van der Waals surface area contributed by atoms with Gasteiger partial charge < -0.3 is 22.9 Å². The van der Waals surface area contributed by atoms with Gasteiger partial charge in [-0.3, -0.25) is 0 Å². The van der Waals surface area contributed by atoms with Gasteiger partial charge in [0, 0.05) is 0 Å².